The third-order valence-corrected chi connectivity index (χ3v) is 3.66. The van der Waals surface area contributed by atoms with E-state index in [2.05, 4.69) is 41.5 Å². The first-order valence-corrected chi connectivity index (χ1v) is 6.79. The van der Waals surface area contributed by atoms with Crippen molar-refractivity contribution in [2.75, 3.05) is 27.2 Å². The van der Waals surface area contributed by atoms with E-state index in [4.69, 9.17) is 0 Å². The van der Waals surface area contributed by atoms with Crippen LogP contribution in [0.2, 0.25) is 0 Å². The molecule has 1 rings (SSSR count). The van der Waals surface area contributed by atoms with Gasteiger partial charge in [0, 0.05) is 17.8 Å². The topological polar surface area (TPSA) is 28.2 Å². The Hall–Kier alpha value is -0.450. The van der Waals surface area contributed by atoms with Crippen molar-refractivity contribution in [3.63, 3.8) is 0 Å². The molecule has 3 nitrogen and oxygen atoms in total. The summed E-state index contributed by atoms with van der Waals surface area (Å²) in [6, 6.07) is 0. The third kappa shape index (κ3) is 4.60. The summed E-state index contributed by atoms with van der Waals surface area (Å²) in [4.78, 5) is 6.97. The summed E-state index contributed by atoms with van der Waals surface area (Å²) in [6.07, 6.45) is 1.19. The second-order valence-electron chi connectivity index (χ2n) is 4.53. The highest BCUT2D eigenvalue weighted by Gasteiger charge is 2.07. The van der Waals surface area contributed by atoms with E-state index < -0.39 is 0 Å². The first kappa shape index (κ1) is 13.6. The van der Waals surface area contributed by atoms with Crippen LogP contribution in [-0.4, -0.2) is 37.1 Å². The summed E-state index contributed by atoms with van der Waals surface area (Å²) in [5.74, 6) is 0.549. The van der Waals surface area contributed by atoms with Gasteiger partial charge in [0.2, 0.25) is 0 Å². The third-order valence-electron chi connectivity index (χ3n) is 2.46. The van der Waals surface area contributed by atoms with Crippen LogP contribution in [0, 0.1) is 0 Å². The molecule has 0 saturated carbocycles. The molecule has 0 fully saturated rings. The van der Waals surface area contributed by atoms with Gasteiger partial charge in [-0.2, -0.15) is 0 Å². The Labute approximate surface area is 103 Å². The van der Waals surface area contributed by atoms with Gasteiger partial charge in [-0.05, 0) is 33.6 Å². The number of hydrogen-bond acceptors (Lipinski definition) is 4. The second kappa shape index (κ2) is 6.99. The van der Waals surface area contributed by atoms with E-state index in [1.807, 2.05) is 7.05 Å². The predicted molar refractivity (Wildman–Crippen MR) is 71.1 cm³/mol. The van der Waals surface area contributed by atoms with Gasteiger partial charge in [0.15, 0.2) is 0 Å². The summed E-state index contributed by atoms with van der Waals surface area (Å²) < 4.78 is 0. The molecule has 0 saturated heterocycles. The highest BCUT2D eigenvalue weighted by molar-refractivity contribution is 7.09. The van der Waals surface area contributed by atoms with Gasteiger partial charge in [0.1, 0.15) is 0 Å². The SMILES string of the molecule is CNCCCN(C)Cc1csc(C(C)C)n1. The lowest BCUT2D eigenvalue weighted by molar-refractivity contribution is 0.317. The van der Waals surface area contributed by atoms with Gasteiger partial charge in [-0.15, -0.1) is 11.3 Å². The minimum absolute atomic E-state index is 0.549. The number of hydrogen-bond donors (Lipinski definition) is 1. The average Bonchev–Trinajstić information content (AvgIpc) is 2.66. The van der Waals surface area contributed by atoms with Crippen molar-refractivity contribution >= 4 is 11.3 Å². The Kier molecular flexibility index (Phi) is 5.95. The molecule has 0 bridgehead atoms. The number of aromatic nitrogens is 1. The maximum atomic E-state index is 4.64. The fraction of sp³-hybridized carbons (Fsp3) is 0.750. The lowest BCUT2D eigenvalue weighted by Gasteiger charge is -2.14. The molecule has 0 unspecified atom stereocenters. The van der Waals surface area contributed by atoms with E-state index in [9.17, 15) is 0 Å². The van der Waals surface area contributed by atoms with Gasteiger partial charge in [-0.3, -0.25) is 0 Å². The van der Waals surface area contributed by atoms with E-state index in [1.54, 1.807) is 11.3 Å². The fourth-order valence-electron chi connectivity index (χ4n) is 1.54. The molecule has 0 spiro atoms. The van der Waals surface area contributed by atoms with Crippen molar-refractivity contribution in [1.29, 1.82) is 0 Å². The summed E-state index contributed by atoms with van der Waals surface area (Å²) in [6.45, 7) is 7.56. The lowest BCUT2D eigenvalue weighted by atomic mass is 10.2. The van der Waals surface area contributed by atoms with Gasteiger partial charge >= 0.3 is 0 Å². The summed E-state index contributed by atoms with van der Waals surface area (Å²) in [5, 5.41) is 6.60. The number of nitrogens with one attached hydrogen (secondary N) is 1. The van der Waals surface area contributed by atoms with Crippen LogP contribution in [-0.2, 0) is 6.54 Å². The number of nitrogens with zero attached hydrogens (tertiary/aromatic N) is 2. The van der Waals surface area contributed by atoms with Crippen LogP contribution in [0.5, 0.6) is 0 Å². The Morgan fingerprint density at radius 1 is 1.50 bits per heavy atom. The molecule has 1 N–H and O–H groups in total. The second-order valence-corrected chi connectivity index (χ2v) is 5.42. The van der Waals surface area contributed by atoms with Crippen LogP contribution in [0.25, 0.3) is 0 Å². The number of rotatable bonds is 7. The molecule has 92 valence electrons. The largest absolute Gasteiger partial charge is 0.320 e. The Morgan fingerprint density at radius 3 is 2.81 bits per heavy atom. The van der Waals surface area contributed by atoms with E-state index in [0.29, 0.717) is 5.92 Å². The molecular formula is C12H23N3S. The highest BCUT2D eigenvalue weighted by Crippen LogP contribution is 2.19. The molecule has 1 aromatic heterocycles. The van der Waals surface area contributed by atoms with Gasteiger partial charge < -0.3 is 10.2 Å². The summed E-state index contributed by atoms with van der Waals surface area (Å²) in [5.41, 5.74) is 1.21. The van der Waals surface area contributed by atoms with Gasteiger partial charge in [0.05, 0.1) is 10.7 Å². The van der Waals surface area contributed by atoms with Crippen LogP contribution < -0.4 is 5.32 Å². The van der Waals surface area contributed by atoms with E-state index >= 15 is 0 Å². The van der Waals surface area contributed by atoms with Crippen molar-refractivity contribution in [2.45, 2.75) is 32.7 Å². The molecule has 4 heteroatoms. The zero-order valence-electron chi connectivity index (χ0n) is 10.8. The van der Waals surface area contributed by atoms with Crippen molar-refractivity contribution in [3.8, 4) is 0 Å². The van der Waals surface area contributed by atoms with Crippen LogP contribution in [0.3, 0.4) is 0 Å². The molecule has 0 aliphatic rings. The smallest absolute Gasteiger partial charge is 0.0954 e. The van der Waals surface area contributed by atoms with E-state index in [1.165, 1.54) is 17.1 Å². The van der Waals surface area contributed by atoms with Gasteiger partial charge in [-0.1, -0.05) is 13.8 Å². The van der Waals surface area contributed by atoms with Crippen molar-refractivity contribution in [1.82, 2.24) is 15.2 Å². The van der Waals surface area contributed by atoms with E-state index in [0.717, 1.165) is 19.6 Å². The molecule has 0 aliphatic carbocycles. The normalized spacial score (nSPS) is 11.6. The summed E-state index contributed by atoms with van der Waals surface area (Å²) in [7, 11) is 4.15. The maximum Gasteiger partial charge on any atom is 0.0954 e. The van der Waals surface area contributed by atoms with Gasteiger partial charge in [0.25, 0.3) is 0 Å². The summed E-state index contributed by atoms with van der Waals surface area (Å²) >= 11 is 1.78. The first-order valence-electron chi connectivity index (χ1n) is 5.91. The van der Waals surface area contributed by atoms with Crippen LogP contribution in [0.15, 0.2) is 5.38 Å². The van der Waals surface area contributed by atoms with Gasteiger partial charge in [-0.25, -0.2) is 4.98 Å². The maximum absolute atomic E-state index is 4.64. The Morgan fingerprint density at radius 2 is 2.25 bits per heavy atom. The molecule has 0 aromatic carbocycles. The van der Waals surface area contributed by atoms with Crippen LogP contribution >= 0.6 is 11.3 Å². The fourth-order valence-corrected chi connectivity index (χ4v) is 2.37. The minimum Gasteiger partial charge on any atom is -0.320 e. The number of thiazole rings is 1. The monoisotopic (exact) mass is 241 g/mol. The van der Waals surface area contributed by atoms with Crippen LogP contribution in [0.4, 0.5) is 0 Å². The van der Waals surface area contributed by atoms with Crippen LogP contribution in [0.1, 0.15) is 36.9 Å². The molecule has 1 aromatic rings. The molecular weight excluding hydrogens is 218 g/mol. The van der Waals surface area contributed by atoms with Crippen molar-refractivity contribution in [2.24, 2.45) is 0 Å². The molecule has 0 radical (unpaired) electrons. The van der Waals surface area contributed by atoms with Crippen molar-refractivity contribution in [3.05, 3.63) is 16.1 Å². The molecule has 16 heavy (non-hydrogen) atoms. The Bertz CT molecular complexity index is 296. The lowest BCUT2D eigenvalue weighted by Crippen LogP contribution is -2.22. The zero-order chi connectivity index (χ0) is 12.0. The molecule has 1 heterocycles. The molecule has 0 aliphatic heterocycles. The Balaban J connectivity index is 2.34. The minimum atomic E-state index is 0.549. The first-order chi connectivity index (χ1) is 7.63. The standard InChI is InChI=1S/C12H23N3S/c1-10(2)12-14-11(9-16-12)8-15(4)7-5-6-13-3/h9-10,13H,5-8H2,1-4H3. The van der Waals surface area contributed by atoms with E-state index in [-0.39, 0.29) is 0 Å². The molecule has 0 amide bonds. The quantitative estimate of drug-likeness (QED) is 0.743. The zero-order valence-corrected chi connectivity index (χ0v) is 11.6. The molecule has 0 atom stereocenters. The average molecular weight is 241 g/mol. The van der Waals surface area contributed by atoms with Crippen molar-refractivity contribution < 1.29 is 0 Å². The predicted octanol–water partition coefficient (Wildman–Crippen LogP) is 2.31. The highest BCUT2D eigenvalue weighted by atomic mass is 32.1.